The zero-order valence-electron chi connectivity index (χ0n) is 15.5. The Morgan fingerprint density at radius 2 is 2.07 bits per heavy atom. The lowest BCUT2D eigenvalue weighted by atomic mass is 10.1. The standard InChI is InChI=1S/C18H21N5O6/c1-27-11-4-2-3-10(5-11)6-19-16-13-17(21-8-20-16)23(9-22-13)29-18-15(26)14(25)12(7-24)28-18/h2-5,8-9,12,14-15,18,24-26H,6-7H2,1H3,(H,19,20,21)/t12-,14-,15-,18?/m1/s1. The van der Waals surface area contributed by atoms with E-state index in [-0.39, 0.29) is 0 Å². The minimum absolute atomic E-state index is 0.353. The molecule has 0 radical (unpaired) electrons. The van der Waals surface area contributed by atoms with Crippen LogP contribution in [-0.4, -0.2) is 73.3 Å². The quantitative estimate of drug-likeness (QED) is 0.400. The van der Waals surface area contributed by atoms with Gasteiger partial charge in [-0.05, 0) is 17.7 Å². The van der Waals surface area contributed by atoms with Crippen molar-refractivity contribution in [2.75, 3.05) is 19.0 Å². The summed E-state index contributed by atoms with van der Waals surface area (Å²) in [5.74, 6) is 1.26. The first kappa shape index (κ1) is 19.3. The van der Waals surface area contributed by atoms with Crippen LogP contribution in [0.1, 0.15) is 5.56 Å². The molecule has 4 N–H and O–H groups in total. The fraction of sp³-hybridized carbons (Fsp3) is 0.389. The van der Waals surface area contributed by atoms with E-state index in [1.807, 2.05) is 24.3 Å². The normalized spacial score (nSPS) is 24.0. The van der Waals surface area contributed by atoms with Gasteiger partial charge in [-0.3, -0.25) is 0 Å². The van der Waals surface area contributed by atoms with E-state index in [4.69, 9.17) is 14.3 Å². The summed E-state index contributed by atoms with van der Waals surface area (Å²) in [7, 11) is 1.61. The number of nitrogens with one attached hydrogen (secondary N) is 1. The van der Waals surface area contributed by atoms with E-state index >= 15 is 0 Å². The lowest BCUT2D eigenvalue weighted by Gasteiger charge is -2.16. The lowest BCUT2D eigenvalue weighted by molar-refractivity contribution is -0.169. The van der Waals surface area contributed by atoms with E-state index in [1.165, 1.54) is 17.4 Å². The molecular weight excluding hydrogens is 382 g/mol. The summed E-state index contributed by atoms with van der Waals surface area (Å²) in [6, 6.07) is 7.63. The highest BCUT2D eigenvalue weighted by Gasteiger charge is 2.44. The Kier molecular flexibility index (Phi) is 5.45. The van der Waals surface area contributed by atoms with Gasteiger partial charge in [-0.2, -0.15) is 0 Å². The molecular formula is C18H21N5O6. The van der Waals surface area contributed by atoms with Crippen molar-refractivity contribution in [3.63, 3.8) is 0 Å². The van der Waals surface area contributed by atoms with Crippen molar-refractivity contribution in [2.45, 2.75) is 31.1 Å². The van der Waals surface area contributed by atoms with Crippen molar-refractivity contribution in [1.82, 2.24) is 19.7 Å². The van der Waals surface area contributed by atoms with Gasteiger partial charge in [0.2, 0.25) is 5.65 Å². The van der Waals surface area contributed by atoms with Crippen LogP contribution in [0.25, 0.3) is 11.2 Å². The predicted molar refractivity (Wildman–Crippen MR) is 100.0 cm³/mol. The van der Waals surface area contributed by atoms with Gasteiger partial charge in [0.05, 0.1) is 13.7 Å². The molecule has 11 nitrogen and oxygen atoms in total. The number of methoxy groups -OCH3 is 1. The fourth-order valence-corrected chi connectivity index (χ4v) is 3.05. The van der Waals surface area contributed by atoms with E-state index in [2.05, 4.69) is 20.3 Å². The summed E-state index contributed by atoms with van der Waals surface area (Å²) in [5, 5.41) is 32.3. The molecule has 29 heavy (non-hydrogen) atoms. The number of nitrogens with zero attached hydrogens (tertiary/aromatic N) is 4. The monoisotopic (exact) mass is 403 g/mol. The summed E-state index contributed by atoms with van der Waals surface area (Å²) in [6.07, 6.45) is -1.96. The average molecular weight is 403 g/mol. The van der Waals surface area contributed by atoms with E-state index in [0.717, 1.165) is 11.3 Å². The van der Waals surface area contributed by atoms with Gasteiger partial charge in [0.1, 0.15) is 36.7 Å². The second-order valence-corrected chi connectivity index (χ2v) is 6.48. The highest BCUT2D eigenvalue weighted by Crippen LogP contribution is 2.23. The number of hydrogen-bond acceptors (Lipinski definition) is 10. The zero-order chi connectivity index (χ0) is 20.4. The second kappa shape index (κ2) is 8.17. The van der Waals surface area contributed by atoms with Crippen molar-refractivity contribution in [3.05, 3.63) is 42.5 Å². The van der Waals surface area contributed by atoms with E-state index in [9.17, 15) is 15.3 Å². The van der Waals surface area contributed by atoms with Crippen molar-refractivity contribution in [1.29, 1.82) is 0 Å². The highest BCUT2D eigenvalue weighted by atomic mass is 16.8. The number of ether oxygens (including phenoxy) is 2. The molecule has 0 saturated carbocycles. The molecule has 0 amide bonds. The van der Waals surface area contributed by atoms with Gasteiger partial charge in [-0.15, -0.1) is 4.73 Å². The zero-order valence-corrected chi connectivity index (χ0v) is 15.5. The van der Waals surface area contributed by atoms with Crippen LogP contribution in [0.3, 0.4) is 0 Å². The van der Waals surface area contributed by atoms with Gasteiger partial charge < -0.3 is 34.9 Å². The molecule has 0 bridgehead atoms. The predicted octanol–water partition coefficient (Wildman–Crippen LogP) is -0.685. The van der Waals surface area contributed by atoms with Crippen LogP contribution in [-0.2, 0) is 11.3 Å². The van der Waals surface area contributed by atoms with Gasteiger partial charge in [-0.1, -0.05) is 12.1 Å². The third kappa shape index (κ3) is 3.80. The first-order chi connectivity index (χ1) is 14.1. The molecule has 4 atom stereocenters. The van der Waals surface area contributed by atoms with Crippen LogP contribution >= 0.6 is 0 Å². The van der Waals surface area contributed by atoms with Crippen LogP contribution in [0.15, 0.2) is 36.9 Å². The number of aliphatic hydroxyl groups excluding tert-OH is 3. The number of hydrogen-bond donors (Lipinski definition) is 4. The number of fused-ring (bicyclic) bond motifs is 1. The topological polar surface area (TPSA) is 144 Å². The SMILES string of the molecule is COc1cccc(CNc2ncnc3c2ncn3OC2O[C@H](CO)[C@@H](O)[C@H]2O)c1. The van der Waals surface area contributed by atoms with Gasteiger partial charge in [0, 0.05) is 6.54 Å². The molecule has 1 aromatic carbocycles. The second-order valence-electron chi connectivity index (χ2n) is 6.48. The molecule has 1 unspecified atom stereocenters. The molecule has 1 saturated heterocycles. The molecule has 4 rings (SSSR count). The Labute approximate surface area is 165 Å². The lowest BCUT2D eigenvalue weighted by Crippen LogP contribution is -2.38. The van der Waals surface area contributed by atoms with Crippen LogP contribution in [0.4, 0.5) is 5.82 Å². The Hall–Kier alpha value is -2.99. The minimum atomic E-state index is -1.32. The molecule has 0 spiro atoms. The maximum Gasteiger partial charge on any atom is 0.254 e. The van der Waals surface area contributed by atoms with Gasteiger partial charge in [0.15, 0.2) is 11.3 Å². The van der Waals surface area contributed by atoms with Gasteiger partial charge in [0.25, 0.3) is 6.29 Å². The summed E-state index contributed by atoms with van der Waals surface area (Å²) in [5.41, 5.74) is 1.81. The fourth-order valence-electron chi connectivity index (χ4n) is 3.05. The molecule has 3 heterocycles. The minimum Gasteiger partial charge on any atom is -0.497 e. The number of benzene rings is 1. The van der Waals surface area contributed by atoms with Gasteiger partial charge >= 0.3 is 0 Å². The van der Waals surface area contributed by atoms with Crippen LogP contribution in [0, 0.1) is 0 Å². The molecule has 3 aromatic rings. The highest BCUT2D eigenvalue weighted by molar-refractivity contribution is 5.82. The molecule has 1 aliphatic heterocycles. The summed E-state index contributed by atoms with van der Waals surface area (Å²) < 4.78 is 11.8. The molecule has 11 heteroatoms. The largest absolute Gasteiger partial charge is 0.497 e. The van der Waals surface area contributed by atoms with Crippen LogP contribution in [0.5, 0.6) is 5.75 Å². The average Bonchev–Trinajstić information content (AvgIpc) is 3.29. The van der Waals surface area contributed by atoms with E-state index in [1.54, 1.807) is 7.11 Å². The van der Waals surface area contributed by atoms with E-state index < -0.39 is 31.2 Å². The maximum absolute atomic E-state index is 10.0. The number of imidazole rings is 1. The summed E-state index contributed by atoms with van der Waals surface area (Å²) in [6.45, 7) is 0.0507. The first-order valence-electron chi connectivity index (χ1n) is 8.95. The summed E-state index contributed by atoms with van der Waals surface area (Å²) in [4.78, 5) is 18.2. The third-order valence-electron chi connectivity index (χ3n) is 4.61. The number of aromatic nitrogens is 4. The van der Waals surface area contributed by atoms with Crippen molar-refractivity contribution < 1.29 is 29.6 Å². The third-order valence-corrected chi connectivity index (χ3v) is 4.61. The van der Waals surface area contributed by atoms with Crippen molar-refractivity contribution in [2.24, 2.45) is 0 Å². The smallest absolute Gasteiger partial charge is 0.254 e. The molecule has 1 aliphatic rings. The van der Waals surface area contributed by atoms with Crippen molar-refractivity contribution >= 4 is 17.0 Å². The maximum atomic E-state index is 10.0. The molecule has 2 aromatic heterocycles. The number of rotatable bonds is 7. The Balaban J connectivity index is 1.51. The Morgan fingerprint density at radius 1 is 1.21 bits per heavy atom. The number of anilines is 1. The Bertz CT molecular complexity index is 982. The van der Waals surface area contributed by atoms with Crippen LogP contribution < -0.4 is 14.9 Å². The van der Waals surface area contributed by atoms with Gasteiger partial charge in [-0.25, -0.2) is 15.0 Å². The number of aliphatic hydroxyl groups is 3. The first-order valence-corrected chi connectivity index (χ1v) is 8.95. The van der Waals surface area contributed by atoms with Crippen LogP contribution in [0.2, 0.25) is 0 Å². The molecule has 1 fully saturated rings. The van der Waals surface area contributed by atoms with Crippen molar-refractivity contribution in [3.8, 4) is 5.75 Å². The molecule has 154 valence electrons. The summed E-state index contributed by atoms with van der Waals surface area (Å²) >= 11 is 0. The molecule has 0 aliphatic carbocycles. The Morgan fingerprint density at radius 3 is 2.83 bits per heavy atom. The van der Waals surface area contributed by atoms with E-state index in [0.29, 0.717) is 23.5 Å².